The fraction of sp³-hybridized carbons (Fsp3) is 0.458. The van der Waals surface area contributed by atoms with Crippen LogP contribution in [0.1, 0.15) is 35.9 Å². The maximum atomic E-state index is 12.6. The third kappa shape index (κ3) is 6.87. The molecule has 1 aliphatic heterocycles. The number of benzene rings is 1. The Morgan fingerprint density at radius 3 is 2.74 bits per heavy atom. The lowest BCUT2D eigenvalue weighted by Gasteiger charge is -2.32. The Bertz CT molecular complexity index is 855. The third-order valence-electron chi connectivity index (χ3n) is 5.26. The second-order valence-electron chi connectivity index (χ2n) is 7.71. The third-order valence-corrected chi connectivity index (χ3v) is 5.26. The minimum Gasteiger partial charge on any atom is -0.497 e. The van der Waals surface area contributed by atoms with Crippen LogP contribution in [0.3, 0.4) is 0 Å². The molecule has 3 rings (SSSR count). The van der Waals surface area contributed by atoms with Crippen LogP contribution >= 0.6 is 0 Å². The van der Waals surface area contributed by atoms with Gasteiger partial charge in [0, 0.05) is 39.4 Å². The van der Waals surface area contributed by atoms with Gasteiger partial charge in [-0.3, -0.25) is 9.69 Å². The van der Waals surface area contributed by atoms with Crippen LogP contribution < -0.4 is 14.8 Å². The van der Waals surface area contributed by atoms with Gasteiger partial charge in [-0.2, -0.15) is 0 Å². The second kappa shape index (κ2) is 11.6. The highest BCUT2D eigenvalue weighted by molar-refractivity contribution is 5.97. The summed E-state index contributed by atoms with van der Waals surface area (Å²) in [5.74, 6) is 1.93. The zero-order valence-corrected chi connectivity index (χ0v) is 18.6. The van der Waals surface area contributed by atoms with E-state index in [1.807, 2.05) is 12.1 Å². The number of piperidine rings is 1. The van der Waals surface area contributed by atoms with E-state index < -0.39 is 0 Å². The molecule has 0 bridgehead atoms. The minimum absolute atomic E-state index is 0.0586. The van der Waals surface area contributed by atoms with Crippen molar-refractivity contribution in [1.29, 1.82) is 0 Å². The Kier molecular flexibility index (Phi) is 8.55. The number of carbonyl (C=O) groups is 1. The molecule has 0 saturated carbocycles. The van der Waals surface area contributed by atoms with Crippen molar-refractivity contribution >= 4 is 12.0 Å². The molecule has 7 nitrogen and oxygen atoms in total. The smallest absolute Gasteiger partial charge is 0.255 e. The molecule has 0 radical (unpaired) electrons. The van der Waals surface area contributed by atoms with E-state index in [0.29, 0.717) is 30.2 Å². The van der Waals surface area contributed by atoms with Gasteiger partial charge in [-0.15, -0.1) is 0 Å². The van der Waals surface area contributed by atoms with E-state index in [2.05, 4.69) is 23.2 Å². The Hall–Kier alpha value is -2.77. The largest absolute Gasteiger partial charge is 0.497 e. The summed E-state index contributed by atoms with van der Waals surface area (Å²) in [6.45, 7) is 5.81. The number of amides is 1. The molecule has 168 valence electrons. The number of nitrogens with zero attached hydrogens (tertiary/aromatic N) is 1. The highest BCUT2D eigenvalue weighted by Gasteiger charge is 2.23. The van der Waals surface area contributed by atoms with Gasteiger partial charge >= 0.3 is 0 Å². The molecular weight excluding hydrogens is 396 g/mol. The van der Waals surface area contributed by atoms with Gasteiger partial charge in [0.1, 0.15) is 23.4 Å². The molecule has 1 aromatic carbocycles. The highest BCUT2D eigenvalue weighted by atomic mass is 16.5. The number of carbonyl (C=O) groups excluding carboxylic acids is 1. The van der Waals surface area contributed by atoms with Crippen LogP contribution in [-0.2, 0) is 4.74 Å². The number of ether oxygens (including phenoxy) is 3. The van der Waals surface area contributed by atoms with E-state index in [4.69, 9.17) is 18.6 Å². The summed E-state index contributed by atoms with van der Waals surface area (Å²) >= 11 is 0. The van der Waals surface area contributed by atoms with Crippen LogP contribution in [0, 0.1) is 0 Å². The first-order chi connectivity index (χ1) is 15.1. The molecule has 1 amide bonds. The average Bonchev–Trinajstić information content (AvgIpc) is 3.28. The zero-order chi connectivity index (χ0) is 22.1. The number of methoxy groups -OCH3 is 2. The predicted octanol–water partition coefficient (Wildman–Crippen LogP) is 3.61. The molecule has 1 aliphatic rings. The molecule has 0 aliphatic carbocycles. The summed E-state index contributed by atoms with van der Waals surface area (Å²) < 4.78 is 22.0. The molecule has 1 fully saturated rings. The minimum atomic E-state index is -0.175. The van der Waals surface area contributed by atoms with Gasteiger partial charge in [0.2, 0.25) is 0 Å². The van der Waals surface area contributed by atoms with Crippen LogP contribution in [0.15, 0.2) is 46.6 Å². The van der Waals surface area contributed by atoms with Gasteiger partial charge in [0.15, 0.2) is 0 Å². The predicted molar refractivity (Wildman–Crippen MR) is 120 cm³/mol. The van der Waals surface area contributed by atoms with Crippen molar-refractivity contribution in [3.63, 3.8) is 0 Å². The van der Waals surface area contributed by atoms with Crippen LogP contribution in [-0.4, -0.2) is 63.9 Å². The van der Waals surface area contributed by atoms with E-state index in [-0.39, 0.29) is 12.0 Å². The Morgan fingerprint density at radius 1 is 1.26 bits per heavy atom. The van der Waals surface area contributed by atoms with Gasteiger partial charge in [-0.1, -0.05) is 5.57 Å². The zero-order valence-electron chi connectivity index (χ0n) is 18.6. The maximum absolute atomic E-state index is 12.6. The molecule has 0 atom stereocenters. The summed E-state index contributed by atoms with van der Waals surface area (Å²) in [6, 6.07) is 9.16. The van der Waals surface area contributed by atoms with Crippen LogP contribution in [0.25, 0.3) is 6.08 Å². The molecule has 1 saturated heterocycles. The number of likely N-dealkylation sites (tertiary alicyclic amines) is 1. The van der Waals surface area contributed by atoms with Crippen molar-refractivity contribution in [1.82, 2.24) is 10.2 Å². The standard InChI is InChI=1S/C24H32N2O5/c1-18(15-21-5-4-13-30-21)17-26-11-8-19(9-12-26)31-23-16-20(29-3)6-7-22(23)24(27)25-10-14-28-2/h4-7,13,15-16,19H,8-12,14,17H2,1-3H3,(H,25,27)/b18-15+. The highest BCUT2D eigenvalue weighted by Crippen LogP contribution is 2.28. The monoisotopic (exact) mass is 428 g/mol. The van der Waals surface area contributed by atoms with Crippen LogP contribution in [0.2, 0.25) is 0 Å². The summed E-state index contributed by atoms with van der Waals surface area (Å²) in [4.78, 5) is 15.0. The number of hydrogen-bond donors (Lipinski definition) is 1. The lowest BCUT2D eigenvalue weighted by Crippen LogP contribution is -2.39. The Labute approximate surface area is 184 Å². The van der Waals surface area contributed by atoms with E-state index >= 15 is 0 Å². The van der Waals surface area contributed by atoms with Crippen LogP contribution in [0.5, 0.6) is 11.5 Å². The molecule has 1 aromatic heterocycles. The summed E-state index contributed by atoms with van der Waals surface area (Å²) in [5, 5.41) is 2.85. The van der Waals surface area contributed by atoms with Gasteiger partial charge < -0.3 is 23.9 Å². The van der Waals surface area contributed by atoms with E-state index in [1.54, 1.807) is 38.7 Å². The first-order valence-corrected chi connectivity index (χ1v) is 10.6. The van der Waals surface area contributed by atoms with Gasteiger partial charge in [0.25, 0.3) is 5.91 Å². The molecule has 0 unspecified atom stereocenters. The lowest BCUT2D eigenvalue weighted by molar-refractivity contribution is 0.0903. The van der Waals surface area contributed by atoms with Crippen molar-refractivity contribution in [2.24, 2.45) is 0 Å². The van der Waals surface area contributed by atoms with E-state index in [9.17, 15) is 4.79 Å². The number of nitrogens with one attached hydrogen (secondary N) is 1. The summed E-state index contributed by atoms with van der Waals surface area (Å²) in [7, 11) is 3.21. The normalized spacial score (nSPS) is 15.6. The van der Waals surface area contributed by atoms with Gasteiger partial charge in [-0.25, -0.2) is 0 Å². The topological polar surface area (TPSA) is 73.2 Å². The van der Waals surface area contributed by atoms with E-state index in [0.717, 1.165) is 38.2 Å². The first-order valence-electron chi connectivity index (χ1n) is 10.6. The molecule has 31 heavy (non-hydrogen) atoms. The van der Waals surface area contributed by atoms with Gasteiger partial charge in [0.05, 0.1) is 25.5 Å². The van der Waals surface area contributed by atoms with E-state index in [1.165, 1.54) is 5.57 Å². The molecular formula is C24H32N2O5. The molecule has 1 N–H and O–H groups in total. The molecule has 0 spiro atoms. The lowest BCUT2D eigenvalue weighted by atomic mass is 10.1. The van der Waals surface area contributed by atoms with Crippen molar-refractivity contribution in [2.75, 3.05) is 47.0 Å². The first kappa shape index (κ1) is 22.9. The fourth-order valence-corrected chi connectivity index (χ4v) is 3.66. The number of furan rings is 1. The number of hydrogen-bond acceptors (Lipinski definition) is 6. The SMILES string of the molecule is COCCNC(=O)c1ccc(OC)cc1OC1CCN(C/C(C)=C/c2ccco2)CC1. The summed E-state index contributed by atoms with van der Waals surface area (Å²) in [5.41, 5.74) is 1.77. The second-order valence-corrected chi connectivity index (χ2v) is 7.71. The quantitative estimate of drug-likeness (QED) is 0.583. The molecule has 2 aromatic rings. The van der Waals surface area contributed by atoms with Crippen molar-refractivity contribution in [3.05, 3.63) is 53.5 Å². The Balaban J connectivity index is 1.57. The fourth-order valence-electron chi connectivity index (χ4n) is 3.66. The average molecular weight is 429 g/mol. The van der Waals surface area contributed by atoms with Crippen molar-refractivity contribution < 1.29 is 23.4 Å². The van der Waals surface area contributed by atoms with Gasteiger partial charge in [-0.05, 0) is 50.1 Å². The molecule has 7 heteroatoms. The van der Waals surface area contributed by atoms with Crippen molar-refractivity contribution in [3.8, 4) is 11.5 Å². The maximum Gasteiger partial charge on any atom is 0.255 e. The van der Waals surface area contributed by atoms with Crippen molar-refractivity contribution in [2.45, 2.75) is 25.9 Å². The summed E-state index contributed by atoms with van der Waals surface area (Å²) in [6.07, 6.45) is 5.62. The molecule has 2 heterocycles. The Morgan fingerprint density at radius 2 is 2.06 bits per heavy atom. The van der Waals surface area contributed by atoms with Crippen LogP contribution in [0.4, 0.5) is 0 Å². The number of rotatable bonds is 10.